The molecule has 0 spiro atoms. The number of ether oxygens (including phenoxy) is 2. The van der Waals surface area contributed by atoms with Gasteiger partial charge in [-0.15, -0.1) is 0 Å². The van der Waals surface area contributed by atoms with Gasteiger partial charge in [0.15, 0.2) is 11.5 Å². The standard InChI is InChI=1S/C27H24BrClN2O4/c1-15-10-19(31(32)33)13-22-20-4-3-5-21(20)26(30-25(15)22)17-11-23(28)27(24(12-17)34-2)35-14-16-6-8-18(29)9-7-16/h3-4,6-13,20-21,26,30H,5,14H2,1-2H3/t20-,21-,26+/m1/s1. The van der Waals surface area contributed by atoms with Crippen LogP contribution in [0.3, 0.4) is 0 Å². The number of aryl methyl sites for hydroxylation is 1. The zero-order valence-corrected chi connectivity index (χ0v) is 21.6. The first-order valence-corrected chi connectivity index (χ1v) is 12.5. The topological polar surface area (TPSA) is 73.6 Å². The van der Waals surface area contributed by atoms with E-state index in [4.69, 9.17) is 21.1 Å². The van der Waals surface area contributed by atoms with Gasteiger partial charge >= 0.3 is 0 Å². The predicted octanol–water partition coefficient (Wildman–Crippen LogP) is 7.73. The maximum atomic E-state index is 11.4. The molecule has 180 valence electrons. The fraction of sp³-hybridized carbons (Fsp3) is 0.259. The van der Waals surface area contributed by atoms with Crippen LogP contribution in [0.15, 0.2) is 65.2 Å². The number of nitro benzene ring substituents is 1. The van der Waals surface area contributed by atoms with E-state index in [-0.39, 0.29) is 28.5 Å². The molecule has 8 heteroatoms. The lowest BCUT2D eigenvalue weighted by Gasteiger charge is -2.38. The number of hydrogen-bond donors (Lipinski definition) is 1. The zero-order valence-electron chi connectivity index (χ0n) is 19.3. The third-order valence-electron chi connectivity index (χ3n) is 6.77. The second-order valence-corrected chi connectivity index (χ2v) is 10.2. The van der Waals surface area contributed by atoms with Crippen LogP contribution in [0.5, 0.6) is 11.5 Å². The van der Waals surface area contributed by atoms with Gasteiger partial charge in [-0.1, -0.05) is 35.9 Å². The number of allylic oxidation sites excluding steroid dienone is 2. The van der Waals surface area contributed by atoms with E-state index < -0.39 is 0 Å². The molecule has 5 rings (SSSR count). The number of fused-ring (bicyclic) bond motifs is 3. The van der Waals surface area contributed by atoms with Crippen molar-refractivity contribution < 1.29 is 14.4 Å². The van der Waals surface area contributed by atoms with Gasteiger partial charge in [-0.3, -0.25) is 10.1 Å². The van der Waals surface area contributed by atoms with Gasteiger partial charge in [0, 0.05) is 28.8 Å². The molecule has 1 heterocycles. The highest BCUT2D eigenvalue weighted by atomic mass is 79.9. The van der Waals surface area contributed by atoms with E-state index in [1.807, 2.05) is 37.3 Å². The molecule has 0 radical (unpaired) electrons. The molecule has 1 N–H and O–H groups in total. The predicted molar refractivity (Wildman–Crippen MR) is 141 cm³/mol. The molecular formula is C27H24BrClN2O4. The summed E-state index contributed by atoms with van der Waals surface area (Å²) in [4.78, 5) is 11.1. The number of benzene rings is 3. The van der Waals surface area contributed by atoms with E-state index >= 15 is 0 Å². The van der Waals surface area contributed by atoms with Gasteiger partial charge in [-0.2, -0.15) is 0 Å². The van der Waals surface area contributed by atoms with Gasteiger partial charge in [0.25, 0.3) is 5.69 Å². The first-order valence-electron chi connectivity index (χ1n) is 11.3. The Bertz CT molecular complexity index is 1330. The number of rotatable bonds is 6. The highest BCUT2D eigenvalue weighted by Crippen LogP contribution is 2.52. The second kappa shape index (κ2) is 9.55. The Labute approximate surface area is 217 Å². The molecule has 0 amide bonds. The third-order valence-corrected chi connectivity index (χ3v) is 7.61. The van der Waals surface area contributed by atoms with Gasteiger partial charge in [-0.25, -0.2) is 0 Å². The van der Waals surface area contributed by atoms with Crippen LogP contribution in [0.25, 0.3) is 0 Å². The molecule has 3 aromatic rings. The van der Waals surface area contributed by atoms with Gasteiger partial charge in [0.2, 0.25) is 0 Å². The lowest BCUT2D eigenvalue weighted by Crippen LogP contribution is -2.29. The van der Waals surface area contributed by atoms with Crippen molar-refractivity contribution in [1.29, 1.82) is 0 Å². The highest BCUT2D eigenvalue weighted by Gasteiger charge is 2.40. The fourth-order valence-corrected chi connectivity index (χ4v) is 5.80. The van der Waals surface area contributed by atoms with Crippen LogP contribution in [0.1, 0.15) is 40.6 Å². The summed E-state index contributed by atoms with van der Waals surface area (Å²) in [6, 6.07) is 15.0. The number of nitrogens with one attached hydrogen (secondary N) is 1. The quantitative estimate of drug-likeness (QED) is 0.191. The first kappa shape index (κ1) is 23.7. The minimum absolute atomic E-state index is 0.0122. The van der Waals surface area contributed by atoms with Crippen molar-refractivity contribution in [2.75, 3.05) is 12.4 Å². The maximum Gasteiger partial charge on any atom is 0.270 e. The SMILES string of the molecule is COc1cc([C@@H]2Nc3c(C)cc([N+](=O)[O-])cc3[C@@H]3C=CC[C@H]32)cc(Br)c1OCc1ccc(Cl)cc1. The van der Waals surface area contributed by atoms with Crippen molar-refractivity contribution in [2.24, 2.45) is 5.92 Å². The number of nitrogens with zero attached hydrogens (tertiary/aromatic N) is 1. The Morgan fingerprint density at radius 3 is 2.69 bits per heavy atom. The molecule has 1 aliphatic heterocycles. The molecule has 0 saturated heterocycles. The van der Waals surface area contributed by atoms with Crippen LogP contribution in [0.2, 0.25) is 5.02 Å². The van der Waals surface area contributed by atoms with Crippen LogP contribution in [-0.2, 0) is 6.61 Å². The summed E-state index contributed by atoms with van der Waals surface area (Å²) >= 11 is 9.68. The second-order valence-electron chi connectivity index (χ2n) is 8.91. The molecule has 0 aromatic heterocycles. The number of anilines is 1. The monoisotopic (exact) mass is 554 g/mol. The van der Waals surface area contributed by atoms with Crippen molar-refractivity contribution in [3.63, 3.8) is 0 Å². The van der Waals surface area contributed by atoms with Crippen molar-refractivity contribution in [2.45, 2.75) is 31.9 Å². The molecule has 6 nitrogen and oxygen atoms in total. The van der Waals surface area contributed by atoms with E-state index in [2.05, 4.69) is 39.5 Å². The van der Waals surface area contributed by atoms with E-state index in [0.29, 0.717) is 23.1 Å². The van der Waals surface area contributed by atoms with Crippen molar-refractivity contribution >= 4 is 38.9 Å². The minimum Gasteiger partial charge on any atom is -0.493 e. The van der Waals surface area contributed by atoms with Gasteiger partial charge in [-0.05, 0) is 81.7 Å². The lowest BCUT2D eigenvalue weighted by atomic mass is 9.76. The molecule has 0 unspecified atom stereocenters. The van der Waals surface area contributed by atoms with Crippen LogP contribution >= 0.6 is 27.5 Å². The van der Waals surface area contributed by atoms with E-state index in [1.165, 1.54) is 0 Å². The van der Waals surface area contributed by atoms with Crippen LogP contribution in [0.4, 0.5) is 11.4 Å². The number of non-ortho nitro benzene ring substituents is 1. The summed E-state index contributed by atoms with van der Waals surface area (Å²) < 4.78 is 12.6. The van der Waals surface area contributed by atoms with Crippen LogP contribution < -0.4 is 14.8 Å². The summed E-state index contributed by atoms with van der Waals surface area (Å²) in [5, 5.41) is 15.8. The Morgan fingerprint density at radius 2 is 1.97 bits per heavy atom. The minimum atomic E-state index is -0.322. The van der Waals surface area contributed by atoms with Crippen LogP contribution in [-0.4, -0.2) is 12.0 Å². The van der Waals surface area contributed by atoms with Gasteiger partial charge < -0.3 is 14.8 Å². The first-order chi connectivity index (χ1) is 16.9. The normalized spacial score (nSPS) is 20.1. The number of halogens is 2. The number of methoxy groups -OCH3 is 1. The van der Waals surface area contributed by atoms with E-state index in [9.17, 15) is 10.1 Å². The molecule has 3 aromatic carbocycles. The Balaban J connectivity index is 1.47. The summed E-state index contributed by atoms with van der Waals surface area (Å²) in [5.41, 5.74) is 5.02. The molecule has 35 heavy (non-hydrogen) atoms. The molecule has 3 atom stereocenters. The summed E-state index contributed by atoms with van der Waals surface area (Å²) in [7, 11) is 1.63. The largest absolute Gasteiger partial charge is 0.493 e. The van der Waals surface area contributed by atoms with E-state index in [1.54, 1.807) is 19.2 Å². The third kappa shape index (κ3) is 4.50. The number of hydrogen-bond acceptors (Lipinski definition) is 5. The smallest absolute Gasteiger partial charge is 0.270 e. The van der Waals surface area contributed by atoms with Crippen molar-refractivity contribution in [3.05, 3.63) is 103 Å². The lowest BCUT2D eigenvalue weighted by molar-refractivity contribution is -0.385. The average Bonchev–Trinajstić information content (AvgIpc) is 3.34. The fourth-order valence-electron chi connectivity index (χ4n) is 5.10. The molecule has 1 aliphatic carbocycles. The van der Waals surface area contributed by atoms with Gasteiger partial charge in [0.1, 0.15) is 6.61 Å². The Morgan fingerprint density at radius 1 is 1.20 bits per heavy atom. The summed E-state index contributed by atoms with van der Waals surface area (Å²) in [6.45, 7) is 2.30. The number of nitro groups is 1. The molecule has 0 saturated carbocycles. The van der Waals surface area contributed by atoms with E-state index in [0.717, 1.165) is 38.8 Å². The molecular weight excluding hydrogens is 532 g/mol. The summed E-state index contributed by atoms with van der Waals surface area (Å²) in [6.07, 6.45) is 5.23. The maximum absolute atomic E-state index is 11.4. The Hall–Kier alpha value is -3.03. The van der Waals surface area contributed by atoms with Gasteiger partial charge in [0.05, 0.1) is 22.5 Å². The molecule has 0 bridgehead atoms. The van der Waals surface area contributed by atoms with Crippen LogP contribution in [0, 0.1) is 23.0 Å². The van der Waals surface area contributed by atoms with Crippen molar-refractivity contribution in [1.82, 2.24) is 0 Å². The zero-order chi connectivity index (χ0) is 24.7. The average molecular weight is 556 g/mol. The van der Waals surface area contributed by atoms with Crippen molar-refractivity contribution in [3.8, 4) is 11.5 Å². The summed E-state index contributed by atoms with van der Waals surface area (Å²) in [5.74, 6) is 1.62. The molecule has 0 fully saturated rings. The highest BCUT2D eigenvalue weighted by molar-refractivity contribution is 9.10. The molecule has 2 aliphatic rings. The Kier molecular flexibility index (Phi) is 6.47.